The minimum absolute atomic E-state index is 0.0786. The van der Waals surface area contributed by atoms with Crippen molar-refractivity contribution < 1.29 is 9.21 Å². The summed E-state index contributed by atoms with van der Waals surface area (Å²) in [6.07, 6.45) is 3.57. The summed E-state index contributed by atoms with van der Waals surface area (Å²) in [5.74, 6) is 0.666. The number of amides is 1. The van der Waals surface area contributed by atoms with Crippen LogP contribution in [0.1, 0.15) is 21.8 Å². The maximum atomic E-state index is 12.9. The highest BCUT2D eigenvalue weighted by Gasteiger charge is 2.19. The van der Waals surface area contributed by atoms with Gasteiger partial charge in [0.25, 0.3) is 5.91 Å². The number of rotatable bonds is 5. The summed E-state index contributed by atoms with van der Waals surface area (Å²) in [5, 5.41) is 0.549. The van der Waals surface area contributed by atoms with E-state index in [2.05, 4.69) is 0 Å². The molecule has 3 rings (SSSR count). The zero-order chi connectivity index (χ0) is 16.2. The van der Waals surface area contributed by atoms with Crippen LogP contribution in [0.3, 0.4) is 0 Å². The topological polar surface area (TPSA) is 38.4 Å². The summed E-state index contributed by atoms with van der Waals surface area (Å²) in [5.41, 5.74) is 1.62. The molecule has 0 unspecified atom stereocenters. The lowest BCUT2D eigenvalue weighted by atomic mass is 10.2. The lowest BCUT2D eigenvalue weighted by molar-refractivity contribution is 0.0714. The molecule has 0 spiro atoms. The van der Waals surface area contributed by atoms with Gasteiger partial charge in [0.1, 0.15) is 5.76 Å². The van der Waals surface area contributed by atoms with Gasteiger partial charge in [-0.15, -0.1) is 0 Å². The number of carbonyl (C=O) groups excluding carboxylic acids is 1. The Morgan fingerprint density at radius 3 is 2.70 bits per heavy atom. The number of hydrogen-bond donors (Lipinski definition) is 0. The van der Waals surface area contributed by atoms with Gasteiger partial charge in [0.15, 0.2) is 0 Å². The van der Waals surface area contributed by atoms with E-state index < -0.39 is 0 Å². The van der Waals surface area contributed by atoms with Crippen molar-refractivity contribution in [3.05, 3.63) is 83.0 Å². The maximum Gasteiger partial charge on any atom is 0.254 e. The molecule has 0 bridgehead atoms. The quantitative estimate of drug-likeness (QED) is 0.706. The molecule has 1 amide bonds. The Kier molecular flexibility index (Phi) is 4.53. The second-order valence-electron chi connectivity index (χ2n) is 5.36. The highest BCUT2D eigenvalue weighted by atomic mass is 35.5. The van der Waals surface area contributed by atoms with Crippen LogP contribution in [-0.4, -0.2) is 15.4 Å². The van der Waals surface area contributed by atoms with Crippen molar-refractivity contribution in [3.63, 3.8) is 0 Å². The summed E-state index contributed by atoms with van der Waals surface area (Å²) in [4.78, 5) is 14.6. The number of aryl methyl sites for hydroxylation is 1. The molecule has 0 aliphatic carbocycles. The molecule has 3 aromatic rings. The fourth-order valence-corrected chi connectivity index (χ4v) is 2.64. The predicted octanol–water partition coefficient (Wildman–Crippen LogP) is 4.11. The molecule has 2 aromatic heterocycles. The second-order valence-corrected chi connectivity index (χ2v) is 5.80. The molecule has 118 valence electrons. The van der Waals surface area contributed by atoms with E-state index in [1.807, 2.05) is 42.1 Å². The third kappa shape index (κ3) is 3.66. The van der Waals surface area contributed by atoms with Gasteiger partial charge < -0.3 is 13.9 Å². The van der Waals surface area contributed by atoms with Crippen molar-refractivity contribution in [3.8, 4) is 0 Å². The molecule has 0 N–H and O–H groups in total. The van der Waals surface area contributed by atoms with Crippen molar-refractivity contribution in [2.24, 2.45) is 7.05 Å². The van der Waals surface area contributed by atoms with Crippen molar-refractivity contribution in [1.29, 1.82) is 0 Å². The fraction of sp³-hybridized carbons (Fsp3) is 0.167. The van der Waals surface area contributed by atoms with Crippen LogP contribution >= 0.6 is 11.6 Å². The fourth-order valence-electron chi connectivity index (χ4n) is 2.45. The highest BCUT2D eigenvalue weighted by molar-refractivity contribution is 6.30. The van der Waals surface area contributed by atoms with Gasteiger partial charge in [-0.3, -0.25) is 4.79 Å². The summed E-state index contributed by atoms with van der Waals surface area (Å²) >= 11 is 6.01. The van der Waals surface area contributed by atoms with Crippen molar-refractivity contribution in [2.45, 2.75) is 13.1 Å². The number of hydrogen-bond acceptors (Lipinski definition) is 2. The van der Waals surface area contributed by atoms with Crippen LogP contribution in [0.25, 0.3) is 0 Å². The standard InChI is InChI=1S/C18H17ClN2O2/c1-20-9-3-7-16(20)12-21(13-17-8-4-10-23-17)18(22)14-5-2-6-15(19)11-14/h2-11H,12-13H2,1H3. The first-order chi connectivity index (χ1) is 11.1. The molecule has 0 atom stereocenters. The van der Waals surface area contributed by atoms with E-state index in [0.29, 0.717) is 23.7 Å². The molecule has 0 aliphatic rings. The third-order valence-corrected chi connectivity index (χ3v) is 3.92. The number of furan rings is 1. The van der Waals surface area contributed by atoms with E-state index in [4.69, 9.17) is 16.0 Å². The van der Waals surface area contributed by atoms with Crippen molar-refractivity contribution >= 4 is 17.5 Å². The number of nitrogens with zero attached hydrogens (tertiary/aromatic N) is 2. The van der Waals surface area contributed by atoms with Crippen LogP contribution in [-0.2, 0) is 20.1 Å². The summed E-state index contributed by atoms with van der Waals surface area (Å²) in [7, 11) is 1.96. The van der Waals surface area contributed by atoms with E-state index in [1.165, 1.54) is 0 Å². The summed E-state index contributed by atoms with van der Waals surface area (Å²) < 4.78 is 7.40. The normalized spacial score (nSPS) is 10.7. The monoisotopic (exact) mass is 328 g/mol. The van der Waals surface area contributed by atoms with Gasteiger partial charge in [0.2, 0.25) is 0 Å². The molecule has 2 heterocycles. The highest BCUT2D eigenvalue weighted by Crippen LogP contribution is 2.17. The Balaban J connectivity index is 1.87. The molecule has 0 aliphatic heterocycles. The Morgan fingerprint density at radius 1 is 1.17 bits per heavy atom. The van der Waals surface area contributed by atoms with E-state index in [0.717, 1.165) is 11.5 Å². The summed E-state index contributed by atoms with van der Waals surface area (Å²) in [6.45, 7) is 0.902. The van der Waals surface area contributed by atoms with Gasteiger partial charge in [-0.25, -0.2) is 0 Å². The van der Waals surface area contributed by atoms with Gasteiger partial charge in [-0.2, -0.15) is 0 Å². The SMILES string of the molecule is Cn1cccc1CN(Cc1ccco1)C(=O)c1cccc(Cl)c1. The minimum atomic E-state index is -0.0786. The number of benzene rings is 1. The molecule has 0 saturated heterocycles. The Hall–Kier alpha value is -2.46. The molecule has 0 saturated carbocycles. The van der Waals surface area contributed by atoms with Gasteiger partial charge in [-0.1, -0.05) is 17.7 Å². The van der Waals surface area contributed by atoms with E-state index in [1.54, 1.807) is 35.4 Å². The zero-order valence-electron chi connectivity index (χ0n) is 12.8. The second kappa shape index (κ2) is 6.75. The molecule has 23 heavy (non-hydrogen) atoms. The number of aromatic nitrogens is 1. The predicted molar refractivity (Wildman–Crippen MR) is 89.2 cm³/mol. The number of carbonyl (C=O) groups is 1. The minimum Gasteiger partial charge on any atom is -0.467 e. The largest absolute Gasteiger partial charge is 0.467 e. The van der Waals surface area contributed by atoms with E-state index >= 15 is 0 Å². The first-order valence-electron chi connectivity index (χ1n) is 7.31. The molecule has 0 radical (unpaired) electrons. The van der Waals surface area contributed by atoms with Crippen LogP contribution in [0.15, 0.2) is 65.4 Å². The van der Waals surface area contributed by atoms with Gasteiger partial charge in [0, 0.05) is 29.5 Å². The van der Waals surface area contributed by atoms with E-state index in [9.17, 15) is 4.79 Å². The van der Waals surface area contributed by atoms with Crippen LogP contribution in [0.5, 0.6) is 0 Å². The van der Waals surface area contributed by atoms with Crippen molar-refractivity contribution in [2.75, 3.05) is 0 Å². The molecular formula is C18H17ClN2O2. The number of halogens is 1. The van der Waals surface area contributed by atoms with Crippen LogP contribution in [0.2, 0.25) is 5.02 Å². The molecule has 1 aromatic carbocycles. The van der Waals surface area contributed by atoms with Gasteiger partial charge >= 0.3 is 0 Å². The maximum absolute atomic E-state index is 12.9. The average Bonchev–Trinajstić information content (AvgIpc) is 3.18. The lowest BCUT2D eigenvalue weighted by Crippen LogP contribution is -2.30. The molecule has 5 heteroatoms. The molecule has 0 fully saturated rings. The summed E-state index contributed by atoms with van der Waals surface area (Å²) in [6, 6.07) is 14.6. The Labute approximate surface area is 139 Å². The molecular weight excluding hydrogens is 312 g/mol. The van der Waals surface area contributed by atoms with Crippen LogP contribution < -0.4 is 0 Å². The third-order valence-electron chi connectivity index (χ3n) is 3.69. The molecule has 4 nitrogen and oxygen atoms in total. The zero-order valence-corrected chi connectivity index (χ0v) is 13.5. The van der Waals surface area contributed by atoms with E-state index in [-0.39, 0.29) is 5.91 Å². The van der Waals surface area contributed by atoms with Crippen LogP contribution in [0.4, 0.5) is 0 Å². The van der Waals surface area contributed by atoms with Crippen molar-refractivity contribution in [1.82, 2.24) is 9.47 Å². The first-order valence-corrected chi connectivity index (χ1v) is 7.69. The lowest BCUT2D eigenvalue weighted by Gasteiger charge is -2.22. The van der Waals surface area contributed by atoms with Gasteiger partial charge in [0.05, 0.1) is 19.4 Å². The smallest absolute Gasteiger partial charge is 0.254 e. The average molecular weight is 329 g/mol. The van der Waals surface area contributed by atoms with Crippen LogP contribution in [0, 0.1) is 0 Å². The first kappa shape index (κ1) is 15.4. The van der Waals surface area contributed by atoms with Gasteiger partial charge in [-0.05, 0) is 42.5 Å². The Bertz CT molecular complexity index is 793. The Morgan fingerprint density at radius 2 is 2.04 bits per heavy atom.